The summed E-state index contributed by atoms with van der Waals surface area (Å²) in [6.07, 6.45) is 4.54. The first-order valence-corrected chi connectivity index (χ1v) is 13.2. The lowest BCUT2D eigenvalue weighted by atomic mass is 9.98. The van der Waals surface area contributed by atoms with Gasteiger partial charge in [0, 0.05) is 10.7 Å². The highest BCUT2D eigenvalue weighted by atomic mass is 35.5. The molecule has 0 spiro atoms. The van der Waals surface area contributed by atoms with Crippen LogP contribution in [0.5, 0.6) is 5.75 Å². The minimum absolute atomic E-state index is 0.0688. The van der Waals surface area contributed by atoms with Gasteiger partial charge >= 0.3 is 0 Å². The monoisotopic (exact) mass is 515 g/mol. The fourth-order valence-corrected chi connectivity index (χ4v) is 5.04. The van der Waals surface area contributed by atoms with Gasteiger partial charge in [-0.3, -0.25) is 14.5 Å². The van der Waals surface area contributed by atoms with E-state index in [4.69, 9.17) is 20.8 Å². The number of unbranched alkanes of at least 4 members (excludes halogenated alkanes) is 3. The van der Waals surface area contributed by atoms with Crippen LogP contribution in [0.1, 0.15) is 71.5 Å². The van der Waals surface area contributed by atoms with Crippen LogP contribution in [0.2, 0.25) is 5.02 Å². The molecule has 4 aromatic rings. The fourth-order valence-electron chi connectivity index (χ4n) is 4.87. The highest BCUT2D eigenvalue weighted by Crippen LogP contribution is 2.42. The van der Waals surface area contributed by atoms with Gasteiger partial charge in [-0.1, -0.05) is 56.0 Å². The van der Waals surface area contributed by atoms with Crippen molar-refractivity contribution in [3.8, 4) is 5.75 Å². The SMILES string of the molecule is CCCCCCOc1ccc(C2c3c(oc4ccc(Cl)cc4c3=O)C(=O)N2c2ccc(C)c(C)c2)cc1. The van der Waals surface area contributed by atoms with Crippen molar-refractivity contribution in [1.29, 1.82) is 0 Å². The van der Waals surface area contributed by atoms with E-state index in [2.05, 4.69) is 6.92 Å². The summed E-state index contributed by atoms with van der Waals surface area (Å²) < 4.78 is 12.0. The third kappa shape index (κ3) is 4.76. The molecule has 0 bridgehead atoms. The van der Waals surface area contributed by atoms with Crippen LogP contribution in [0.3, 0.4) is 0 Å². The Morgan fingerprint density at radius 3 is 2.43 bits per heavy atom. The van der Waals surface area contributed by atoms with Gasteiger partial charge in [-0.2, -0.15) is 0 Å². The number of ether oxygens (including phenoxy) is 1. The zero-order chi connectivity index (χ0) is 26.1. The van der Waals surface area contributed by atoms with E-state index in [-0.39, 0.29) is 17.1 Å². The van der Waals surface area contributed by atoms with Gasteiger partial charge in [-0.15, -0.1) is 0 Å². The van der Waals surface area contributed by atoms with Crippen molar-refractivity contribution < 1.29 is 13.9 Å². The first-order chi connectivity index (χ1) is 17.9. The van der Waals surface area contributed by atoms with E-state index >= 15 is 0 Å². The van der Waals surface area contributed by atoms with Crippen LogP contribution in [0.4, 0.5) is 5.69 Å². The van der Waals surface area contributed by atoms with Crippen LogP contribution in [0.15, 0.2) is 69.9 Å². The number of hydrogen-bond donors (Lipinski definition) is 0. The van der Waals surface area contributed by atoms with Gasteiger partial charge in [0.15, 0.2) is 5.43 Å². The van der Waals surface area contributed by atoms with E-state index in [0.717, 1.165) is 35.3 Å². The van der Waals surface area contributed by atoms with Crippen molar-refractivity contribution in [3.05, 3.63) is 104 Å². The molecule has 0 saturated heterocycles. The lowest BCUT2D eigenvalue weighted by Crippen LogP contribution is -2.29. The maximum Gasteiger partial charge on any atom is 0.295 e. The van der Waals surface area contributed by atoms with Crippen LogP contribution < -0.4 is 15.1 Å². The fraction of sp³-hybridized carbons (Fsp3) is 0.290. The molecule has 1 aromatic heterocycles. The van der Waals surface area contributed by atoms with Gasteiger partial charge in [-0.05, 0) is 79.4 Å². The highest BCUT2D eigenvalue weighted by molar-refractivity contribution is 6.31. The summed E-state index contributed by atoms with van der Waals surface area (Å²) in [7, 11) is 0. The van der Waals surface area contributed by atoms with Gasteiger partial charge in [0.2, 0.25) is 5.76 Å². The topological polar surface area (TPSA) is 59.8 Å². The summed E-state index contributed by atoms with van der Waals surface area (Å²) >= 11 is 6.20. The molecular weight excluding hydrogens is 486 g/mol. The Morgan fingerprint density at radius 2 is 1.70 bits per heavy atom. The lowest BCUT2D eigenvalue weighted by molar-refractivity contribution is 0.0971. The molecule has 3 aromatic carbocycles. The second-order valence-corrected chi connectivity index (χ2v) is 10.1. The first-order valence-electron chi connectivity index (χ1n) is 12.8. The van der Waals surface area contributed by atoms with Crippen LogP contribution in [0.25, 0.3) is 11.0 Å². The molecule has 6 heteroatoms. The number of halogens is 1. The predicted octanol–water partition coefficient (Wildman–Crippen LogP) is 7.77. The summed E-state index contributed by atoms with van der Waals surface area (Å²) in [5.74, 6) is 0.493. The summed E-state index contributed by atoms with van der Waals surface area (Å²) in [6.45, 7) is 6.88. The second kappa shape index (κ2) is 10.4. The first kappa shape index (κ1) is 25.1. The standard InChI is InChI=1S/C31H30ClNO4/c1-4-5-6-7-16-36-24-13-9-21(10-14-24)28-27-29(34)25-18-22(32)11-15-26(25)37-30(27)31(35)33(28)23-12-8-19(2)20(3)17-23/h8-15,17-18,28H,4-7,16H2,1-3H3. The van der Waals surface area contributed by atoms with Crippen molar-refractivity contribution in [2.75, 3.05) is 11.5 Å². The normalized spacial score (nSPS) is 14.9. The average molecular weight is 516 g/mol. The molecule has 1 atom stereocenters. The number of rotatable bonds is 8. The number of amides is 1. The van der Waals surface area contributed by atoms with Crippen LogP contribution >= 0.6 is 11.6 Å². The third-order valence-corrected chi connectivity index (χ3v) is 7.30. The van der Waals surface area contributed by atoms with Crippen LogP contribution in [-0.2, 0) is 0 Å². The van der Waals surface area contributed by atoms with Gasteiger partial charge in [0.1, 0.15) is 11.3 Å². The minimum atomic E-state index is -0.636. The lowest BCUT2D eigenvalue weighted by Gasteiger charge is -2.26. The molecule has 0 radical (unpaired) electrons. The maximum absolute atomic E-state index is 13.8. The van der Waals surface area contributed by atoms with Crippen molar-refractivity contribution in [2.45, 2.75) is 52.5 Å². The number of benzene rings is 3. The molecule has 5 nitrogen and oxygen atoms in total. The Hall–Kier alpha value is -3.57. The Bertz CT molecular complexity index is 1520. The number of carbonyl (C=O) groups excluding carboxylic acids is 1. The molecule has 5 rings (SSSR count). The molecule has 0 N–H and O–H groups in total. The van der Waals surface area contributed by atoms with E-state index in [1.54, 1.807) is 23.1 Å². The molecule has 1 amide bonds. The summed E-state index contributed by atoms with van der Waals surface area (Å²) in [5, 5.41) is 0.796. The summed E-state index contributed by atoms with van der Waals surface area (Å²) in [4.78, 5) is 29.2. The average Bonchev–Trinajstić information content (AvgIpc) is 3.19. The number of fused-ring (bicyclic) bond motifs is 2. The molecule has 0 saturated carbocycles. The number of nitrogens with zero attached hydrogens (tertiary/aromatic N) is 1. The van der Waals surface area contributed by atoms with Crippen molar-refractivity contribution >= 4 is 34.2 Å². The molecule has 0 aliphatic carbocycles. The van der Waals surface area contributed by atoms with Crippen LogP contribution in [0, 0.1) is 13.8 Å². The zero-order valence-electron chi connectivity index (χ0n) is 21.3. The van der Waals surface area contributed by atoms with Gasteiger partial charge in [0.05, 0.1) is 23.6 Å². The van der Waals surface area contributed by atoms with E-state index < -0.39 is 6.04 Å². The quantitative estimate of drug-likeness (QED) is 0.225. The largest absolute Gasteiger partial charge is 0.494 e. The third-order valence-electron chi connectivity index (χ3n) is 7.06. The Balaban J connectivity index is 1.59. The van der Waals surface area contributed by atoms with Gasteiger partial charge in [0.25, 0.3) is 5.91 Å². The number of anilines is 1. The predicted molar refractivity (Wildman–Crippen MR) is 148 cm³/mol. The Labute approximate surface area is 221 Å². The maximum atomic E-state index is 13.8. The molecule has 1 aliphatic heterocycles. The Kier molecular flexibility index (Phi) is 7.07. The van der Waals surface area contributed by atoms with Gasteiger partial charge in [-0.25, -0.2) is 0 Å². The molecule has 0 fully saturated rings. The number of aryl methyl sites for hydroxylation is 2. The molecule has 37 heavy (non-hydrogen) atoms. The second-order valence-electron chi connectivity index (χ2n) is 9.64. The molecule has 1 aliphatic rings. The molecule has 1 unspecified atom stereocenters. The highest BCUT2D eigenvalue weighted by Gasteiger charge is 2.43. The molecule has 2 heterocycles. The van der Waals surface area contributed by atoms with Gasteiger partial charge < -0.3 is 9.15 Å². The smallest absolute Gasteiger partial charge is 0.295 e. The van der Waals surface area contributed by atoms with Crippen LogP contribution in [-0.4, -0.2) is 12.5 Å². The van der Waals surface area contributed by atoms with E-state index in [1.807, 2.05) is 56.3 Å². The zero-order valence-corrected chi connectivity index (χ0v) is 22.1. The van der Waals surface area contributed by atoms with E-state index in [0.29, 0.717) is 33.8 Å². The van der Waals surface area contributed by atoms with Crippen molar-refractivity contribution in [3.63, 3.8) is 0 Å². The molecular formula is C31H30ClNO4. The summed E-state index contributed by atoms with van der Waals surface area (Å²) in [5.41, 5.74) is 4.11. The van der Waals surface area contributed by atoms with E-state index in [9.17, 15) is 9.59 Å². The van der Waals surface area contributed by atoms with Crippen molar-refractivity contribution in [1.82, 2.24) is 0 Å². The minimum Gasteiger partial charge on any atom is -0.494 e. The molecule has 190 valence electrons. The summed E-state index contributed by atoms with van der Waals surface area (Å²) in [6, 6.07) is 17.8. The van der Waals surface area contributed by atoms with E-state index in [1.165, 1.54) is 12.8 Å². The Morgan fingerprint density at radius 1 is 0.919 bits per heavy atom. The number of hydrogen-bond acceptors (Lipinski definition) is 4. The van der Waals surface area contributed by atoms with Crippen molar-refractivity contribution in [2.24, 2.45) is 0 Å². The number of carbonyl (C=O) groups is 1.